The summed E-state index contributed by atoms with van der Waals surface area (Å²) in [5, 5.41) is 7.60. The van der Waals surface area contributed by atoms with Gasteiger partial charge in [0, 0.05) is 43.2 Å². The summed E-state index contributed by atoms with van der Waals surface area (Å²) < 4.78 is 7.02. The average molecular weight is 246 g/mol. The lowest BCUT2D eigenvalue weighted by molar-refractivity contribution is 0.389. The van der Waals surface area contributed by atoms with Crippen LogP contribution in [0.5, 0.6) is 5.88 Å². The SMILES string of the molecule is COc1ncccc1CNC(C)c1cnn(C)c1. The van der Waals surface area contributed by atoms with Crippen molar-refractivity contribution in [1.82, 2.24) is 20.1 Å². The number of nitrogens with zero attached hydrogens (tertiary/aromatic N) is 3. The summed E-state index contributed by atoms with van der Waals surface area (Å²) in [5.41, 5.74) is 2.22. The number of nitrogens with one attached hydrogen (secondary N) is 1. The molecule has 5 heteroatoms. The van der Waals surface area contributed by atoms with E-state index in [1.54, 1.807) is 18.0 Å². The van der Waals surface area contributed by atoms with Crippen LogP contribution in [0.15, 0.2) is 30.7 Å². The maximum Gasteiger partial charge on any atom is 0.217 e. The summed E-state index contributed by atoms with van der Waals surface area (Å²) in [7, 11) is 3.55. The second-order valence-electron chi connectivity index (χ2n) is 4.22. The lowest BCUT2D eigenvalue weighted by Gasteiger charge is -2.13. The third-order valence-electron chi connectivity index (χ3n) is 2.87. The smallest absolute Gasteiger partial charge is 0.217 e. The molecular formula is C13H18N4O. The quantitative estimate of drug-likeness (QED) is 0.872. The van der Waals surface area contributed by atoms with Crippen LogP contribution >= 0.6 is 0 Å². The van der Waals surface area contributed by atoms with Gasteiger partial charge in [0.05, 0.1) is 13.3 Å². The maximum atomic E-state index is 5.22. The van der Waals surface area contributed by atoms with Gasteiger partial charge in [0.15, 0.2) is 0 Å². The highest BCUT2D eigenvalue weighted by Gasteiger charge is 2.09. The Labute approximate surface area is 107 Å². The number of hydrogen-bond donors (Lipinski definition) is 1. The van der Waals surface area contributed by atoms with Crippen LogP contribution in [-0.2, 0) is 13.6 Å². The van der Waals surface area contributed by atoms with E-state index in [9.17, 15) is 0 Å². The van der Waals surface area contributed by atoms with Crippen LogP contribution in [0, 0.1) is 0 Å². The second-order valence-corrected chi connectivity index (χ2v) is 4.22. The fourth-order valence-corrected chi connectivity index (χ4v) is 1.79. The standard InChI is InChI=1S/C13H18N4O/c1-10(12-8-16-17(2)9-12)15-7-11-5-4-6-14-13(11)18-3/h4-6,8-10,15H,7H2,1-3H3. The third-order valence-corrected chi connectivity index (χ3v) is 2.87. The van der Waals surface area contributed by atoms with Crippen molar-refractivity contribution >= 4 is 0 Å². The van der Waals surface area contributed by atoms with Gasteiger partial charge in [-0.15, -0.1) is 0 Å². The molecule has 96 valence electrons. The van der Waals surface area contributed by atoms with Crippen LogP contribution in [0.3, 0.4) is 0 Å². The first-order valence-corrected chi connectivity index (χ1v) is 5.90. The van der Waals surface area contributed by atoms with E-state index in [0.29, 0.717) is 12.4 Å². The molecule has 0 aliphatic carbocycles. The fraction of sp³-hybridized carbons (Fsp3) is 0.385. The van der Waals surface area contributed by atoms with Gasteiger partial charge in [0.2, 0.25) is 5.88 Å². The Bertz CT molecular complexity index is 509. The zero-order valence-corrected chi connectivity index (χ0v) is 10.9. The van der Waals surface area contributed by atoms with E-state index in [1.165, 1.54) is 5.56 Å². The number of ether oxygens (including phenoxy) is 1. The van der Waals surface area contributed by atoms with Gasteiger partial charge in [-0.25, -0.2) is 4.98 Å². The highest BCUT2D eigenvalue weighted by Crippen LogP contribution is 2.16. The number of aromatic nitrogens is 3. The molecular weight excluding hydrogens is 228 g/mol. The molecule has 0 spiro atoms. The van der Waals surface area contributed by atoms with E-state index >= 15 is 0 Å². The highest BCUT2D eigenvalue weighted by atomic mass is 16.5. The molecule has 0 bridgehead atoms. The molecule has 0 aliphatic rings. The zero-order valence-electron chi connectivity index (χ0n) is 10.9. The highest BCUT2D eigenvalue weighted by molar-refractivity contribution is 5.25. The van der Waals surface area contributed by atoms with Gasteiger partial charge in [-0.1, -0.05) is 6.07 Å². The normalized spacial score (nSPS) is 12.4. The number of aryl methyl sites for hydroxylation is 1. The Kier molecular flexibility index (Phi) is 3.94. The minimum absolute atomic E-state index is 0.239. The Morgan fingerprint density at radius 1 is 1.50 bits per heavy atom. The minimum atomic E-state index is 0.239. The number of rotatable bonds is 5. The molecule has 2 aromatic heterocycles. The van der Waals surface area contributed by atoms with Gasteiger partial charge >= 0.3 is 0 Å². The van der Waals surface area contributed by atoms with Gasteiger partial charge < -0.3 is 10.1 Å². The Morgan fingerprint density at radius 2 is 2.33 bits per heavy atom. The monoisotopic (exact) mass is 246 g/mol. The van der Waals surface area contributed by atoms with Gasteiger partial charge in [0.25, 0.3) is 0 Å². The van der Waals surface area contributed by atoms with Crippen molar-refractivity contribution in [3.05, 3.63) is 41.9 Å². The summed E-state index contributed by atoms with van der Waals surface area (Å²) in [6, 6.07) is 4.16. The third kappa shape index (κ3) is 2.87. The Morgan fingerprint density at radius 3 is 3.00 bits per heavy atom. The summed E-state index contributed by atoms with van der Waals surface area (Å²) >= 11 is 0. The van der Waals surface area contributed by atoms with Crippen LogP contribution < -0.4 is 10.1 Å². The molecule has 2 rings (SSSR count). The first-order chi connectivity index (χ1) is 8.70. The summed E-state index contributed by atoms with van der Waals surface area (Å²) in [4.78, 5) is 4.17. The predicted molar refractivity (Wildman–Crippen MR) is 69.3 cm³/mol. The second kappa shape index (κ2) is 5.64. The van der Waals surface area contributed by atoms with Crippen molar-refractivity contribution in [3.8, 4) is 5.88 Å². The van der Waals surface area contributed by atoms with Crippen molar-refractivity contribution in [2.24, 2.45) is 7.05 Å². The average Bonchev–Trinajstić information content (AvgIpc) is 2.83. The zero-order chi connectivity index (χ0) is 13.0. The molecule has 2 heterocycles. The van der Waals surface area contributed by atoms with E-state index in [4.69, 9.17) is 4.74 Å². The largest absolute Gasteiger partial charge is 0.481 e. The molecule has 0 saturated heterocycles. The van der Waals surface area contributed by atoms with Crippen LogP contribution in [-0.4, -0.2) is 21.9 Å². The molecule has 0 aromatic carbocycles. The number of hydrogen-bond acceptors (Lipinski definition) is 4. The van der Waals surface area contributed by atoms with Crippen molar-refractivity contribution in [2.75, 3.05) is 7.11 Å². The van der Waals surface area contributed by atoms with E-state index < -0.39 is 0 Å². The minimum Gasteiger partial charge on any atom is -0.481 e. The van der Waals surface area contributed by atoms with E-state index in [2.05, 4.69) is 22.3 Å². The summed E-state index contributed by atoms with van der Waals surface area (Å²) in [6.45, 7) is 2.83. The molecule has 0 fully saturated rings. The molecule has 0 saturated carbocycles. The van der Waals surface area contributed by atoms with E-state index in [0.717, 1.165) is 5.56 Å². The van der Waals surface area contributed by atoms with Crippen molar-refractivity contribution < 1.29 is 4.74 Å². The molecule has 1 N–H and O–H groups in total. The van der Waals surface area contributed by atoms with Crippen molar-refractivity contribution in [3.63, 3.8) is 0 Å². The first kappa shape index (κ1) is 12.6. The van der Waals surface area contributed by atoms with Crippen LogP contribution in [0.1, 0.15) is 24.1 Å². The predicted octanol–water partition coefficient (Wildman–Crippen LogP) is 1.67. The molecule has 18 heavy (non-hydrogen) atoms. The number of pyridine rings is 1. The molecule has 2 aromatic rings. The molecule has 0 amide bonds. The van der Waals surface area contributed by atoms with E-state index in [-0.39, 0.29) is 6.04 Å². The van der Waals surface area contributed by atoms with Gasteiger partial charge in [0.1, 0.15) is 0 Å². The summed E-state index contributed by atoms with van der Waals surface area (Å²) in [6.07, 6.45) is 5.61. The molecule has 5 nitrogen and oxygen atoms in total. The summed E-state index contributed by atoms with van der Waals surface area (Å²) in [5.74, 6) is 0.670. The first-order valence-electron chi connectivity index (χ1n) is 5.90. The fourth-order valence-electron chi connectivity index (χ4n) is 1.79. The molecule has 0 radical (unpaired) electrons. The molecule has 1 unspecified atom stereocenters. The van der Waals surface area contributed by atoms with Crippen molar-refractivity contribution in [2.45, 2.75) is 19.5 Å². The van der Waals surface area contributed by atoms with Crippen LogP contribution in [0.4, 0.5) is 0 Å². The Hall–Kier alpha value is -1.88. The van der Waals surface area contributed by atoms with Crippen LogP contribution in [0.2, 0.25) is 0 Å². The van der Waals surface area contributed by atoms with Gasteiger partial charge in [-0.2, -0.15) is 5.10 Å². The Balaban J connectivity index is 1.99. The van der Waals surface area contributed by atoms with Crippen molar-refractivity contribution in [1.29, 1.82) is 0 Å². The number of methoxy groups -OCH3 is 1. The lowest BCUT2D eigenvalue weighted by Crippen LogP contribution is -2.18. The molecule has 1 atom stereocenters. The van der Waals surface area contributed by atoms with Gasteiger partial charge in [-0.05, 0) is 13.0 Å². The lowest BCUT2D eigenvalue weighted by atomic mass is 10.2. The van der Waals surface area contributed by atoms with E-state index in [1.807, 2.05) is 31.6 Å². The van der Waals surface area contributed by atoms with Crippen LogP contribution in [0.25, 0.3) is 0 Å². The maximum absolute atomic E-state index is 5.22. The topological polar surface area (TPSA) is 52.0 Å². The van der Waals surface area contributed by atoms with Gasteiger partial charge in [-0.3, -0.25) is 4.68 Å². The molecule has 0 aliphatic heterocycles.